The maximum Gasteiger partial charge on any atom is 0.230 e. The summed E-state index contributed by atoms with van der Waals surface area (Å²) in [6.45, 7) is 2.15. The van der Waals surface area contributed by atoms with E-state index in [1.807, 2.05) is 4.90 Å². The number of amides is 1. The van der Waals surface area contributed by atoms with Gasteiger partial charge in [-0.3, -0.25) is 4.79 Å². The van der Waals surface area contributed by atoms with E-state index in [2.05, 4.69) is 6.07 Å². The number of nitrogens with two attached hydrogens (primary N) is 1. The number of nitrogens with zero attached hydrogens (tertiary/aromatic N) is 2. The van der Waals surface area contributed by atoms with Crippen molar-refractivity contribution in [1.29, 1.82) is 5.26 Å². The van der Waals surface area contributed by atoms with E-state index < -0.39 is 5.41 Å². The van der Waals surface area contributed by atoms with Gasteiger partial charge < -0.3 is 15.4 Å². The lowest BCUT2D eigenvalue weighted by Gasteiger charge is -2.39. The first-order valence-corrected chi connectivity index (χ1v) is 6.69. The van der Waals surface area contributed by atoms with Gasteiger partial charge in [0.05, 0.1) is 17.9 Å². The van der Waals surface area contributed by atoms with Gasteiger partial charge in [0, 0.05) is 32.3 Å². The van der Waals surface area contributed by atoms with Crippen molar-refractivity contribution in [2.45, 2.75) is 38.1 Å². The first kappa shape index (κ1) is 13.3. The van der Waals surface area contributed by atoms with Crippen LogP contribution in [0.5, 0.6) is 0 Å². The molecule has 1 aliphatic heterocycles. The van der Waals surface area contributed by atoms with Gasteiger partial charge in [0.15, 0.2) is 0 Å². The second kappa shape index (κ2) is 5.68. The number of hydrogen-bond acceptors (Lipinski definition) is 4. The summed E-state index contributed by atoms with van der Waals surface area (Å²) in [5.41, 5.74) is 5.41. The van der Waals surface area contributed by atoms with Gasteiger partial charge in [0.2, 0.25) is 5.91 Å². The molecule has 18 heavy (non-hydrogen) atoms. The molecule has 2 N–H and O–H groups in total. The summed E-state index contributed by atoms with van der Waals surface area (Å²) in [5, 5.41) is 8.70. The van der Waals surface area contributed by atoms with Crippen LogP contribution in [0.15, 0.2) is 0 Å². The standard InChI is InChI=1S/C13H21N3O2/c14-6-1-7-16(11-2-3-11)12(17)13(10-15)4-8-18-9-5-13/h11H,1-5,7-10,15H2. The van der Waals surface area contributed by atoms with Crippen LogP contribution < -0.4 is 5.73 Å². The van der Waals surface area contributed by atoms with Gasteiger partial charge in [0.25, 0.3) is 0 Å². The first-order valence-electron chi connectivity index (χ1n) is 6.69. The molecule has 0 aromatic rings. The smallest absolute Gasteiger partial charge is 0.230 e. The lowest BCUT2D eigenvalue weighted by Crippen LogP contribution is -2.51. The third kappa shape index (κ3) is 2.65. The van der Waals surface area contributed by atoms with Crippen LogP contribution in [-0.4, -0.2) is 43.2 Å². The summed E-state index contributed by atoms with van der Waals surface area (Å²) in [7, 11) is 0. The van der Waals surface area contributed by atoms with Crippen LogP contribution in [0.3, 0.4) is 0 Å². The zero-order valence-corrected chi connectivity index (χ0v) is 10.7. The Morgan fingerprint density at radius 2 is 2.11 bits per heavy atom. The summed E-state index contributed by atoms with van der Waals surface area (Å²) in [6, 6.07) is 2.46. The van der Waals surface area contributed by atoms with Crippen LogP contribution in [0, 0.1) is 16.7 Å². The molecule has 5 heteroatoms. The lowest BCUT2D eigenvalue weighted by molar-refractivity contribution is -0.147. The largest absolute Gasteiger partial charge is 0.381 e. The molecule has 100 valence electrons. The van der Waals surface area contributed by atoms with Gasteiger partial charge in [-0.25, -0.2) is 0 Å². The minimum absolute atomic E-state index is 0.144. The van der Waals surface area contributed by atoms with Crippen molar-refractivity contribution in [3.63, 3.8) is 0 Å². The van der Waals surface area contributed by atoms with Crippen LogP contribution in [0.2, 0.25) is 0 Å². The predicted octanol–water partition coefficient (Wildman–Crippen LogP) is 0.647. The summed E-state index contributed by atoms with van der Waals surface area (Å²) >= 11 is 0. The Hall–Kier alpha value is -1.12. The van der Waals surface area contributed by atoms with Crippen LogP contribution in [0.4, 0.5) is 0 Å². The predicted molar refractivity (Wildman–Crippen MR) is 66.5 cm³/mol. The van der Waals surface area contributed by atoms with Crippen LogP contribution in [0.1, 0.15) is 32.1 Å². The second-order valence-electron chi connectivity index (χ2n) is 5.23. The molecule has 1 aliphatic carbocycles. The normalized spacial score (nSPS) is 22.2. The molecule has 1 saturated heterocycles. The van der Waals surface area contributed by atoms with Crippen molar-refractivity contribution < 1.29 is 9.53 Å². The van der Waals surface area contributed by atoms with Crippen molar-refractivity contribution in [1.82, 2.24) is 4.90 Å². The highest BCUT2D eigenvalue weighted by Gasteiger charge is 2.45. The molecule has 0 aromatic heterocycles. The molecule has 0 aromatic carbocycles. The maximum absolute atomic E-state index is 12.7. The van der Waals surface area contributed by atoms with E-state index in [9.17, 15) is 4.79 Å². The summed E-state index contributed by atoms with van der Waals surface area (Å²) in [5.74, 6) is 0.144. The molecule has 2 rings (SSSR count). The van der Waals surface area contributed by atoms with Gasteiger partial charge in [-0.2, -0.15) is 5.26 Å². The number of ether oxygens (including phenoxy) is 1. The highest BCUT2D eigenvalue weighted by molar-refractivity contribution is 5.83. The molecule has 1 heterocycles. The van der Waals surface area contributed by atoms with E-state index in [0.29, 0.717) is 51.6 Å². The molecule has 0 radical (unpaired) electrons. The molecular weight excluding hydrogens is 230 g/mol. The van der Waals surface area contributed by atoms with Gasteiger partial charge in [0.1, 0.15) is 0 Å². The number of carbonyl (C=O) groups is 1. The molecule has 1 saturated carbocycles. The molecule has 0 spiro atoms. The summed E-state index contributed by atoms with van der Waals surface area (Å²) in [6.07, 6.45) is 3.94. The van der Waals surface area contributed by atoms with E-state index in [1.165, 1.54) is 0 Å². The van der Waals surface area contributed by atoms with Crippen LogP contribution >= 0.6 is 0 Å². The number of hydrogen-bond donors (Lipinski definition) is 1. The molecular formula is C13H21N3O2. The van der Waals surface area contributed by atoms with Gasteiger partial charge in [-0.15, -0.1) is 0 Å². The minimum atomic E-state index is -0.448. The Morgan fingerprint density at radius 1 is 1.44 bits per heavy atom. The summed E-state index contributed by atoms with van der Waals surface area (Å²) < 4.78 is 5.34. The van der Waals surface area contributed by atoms with E-state index in [-0.39, 0.29) is 5.91 Å². The fourth-order valence-electron chi connectivity index (χ4n) is 2.58. The quantitative estimate of drug-likeness (QED) is 0.778. The summed E-state index contributed by atoms with van der Waals surface area (Å²) in [4.78, 5) is 14.6. The average Bonchev–Trinajstić information content (AvgIpc) is 3.24. The minimum Gasteiger partial charge on any atom is -0.381 e. The average molecular weight is 251 g/mol. The molecule has 0 atom stereocenters. The van der Waals surface area contributed by atoms with E-state index in [4.69, 9.17) is 15.7 Å². The second-order valence-corrected chi connectivity index (χ2v) is 5.23. The molecule has 5 nitrogen and oxygen atoms in total. The molecule has 1 amide bonds. The Balaban J connectivity index is 2.07. The van der Waals surface area contributed by atoms with Crippen LogP contribution in [-0.2, 0) is 9.53 Å². The fourth-order valence-corrected chi connectivity index (χ4v) is 2.58. The Bertz CT molecular complexity index is 341. The van der Waals surface area contributed by atoms with Crippen molar-refractivity contribution in [3.05, 3.63) is 0 Å². The zero-order chi connectivity index (χ0) is 13.0. The van der Waals surface area contributed by atoms with Crippen molar-refractivity contribution in [3.8, 4) is 6.07 Å². The van der Waals surface area contributed by atoms with Crippen molar-refractivity contribution in [2.75, 3.05) is 26.3 Å². The number of carbonyl (C=O) groups excluding carboxylic acids is 1. The van der Waals surface area contributed by atoms with Gasteiger partial charge in [-0.05, 0) is 25.7 Å². The Morgan fingerprint density at radius 3 is 2.61 bits per heavy atom. The van der Waals surface area contributed by atoms with E-state index in [1.54, 1.807) is 0 Å². The van der Waals surface area contributed by atoms with E-state index >= 15 is 0 Å². The topological polar surface area (TPSA) is 79.4 Å². The Kier molecular flexibility index (Phi) is 4.20. The maximum atomic E-state index is 12.7. The van der Waals surface area contributed by atoms with Crippen molar-refractivity contribution in [2.24, 2.45) is 11.1 Å². The molecule has 2 fully saturated rings. The lowest BCUT2D eigenvalue weighted by atomic mass is 9.78. The monoisotopic (exact) mass is 251 g/mol. The molecule has 0 unspecified atom stereocenters. The third-order valence-corrected chi connectivity index (χ3v) is 4.01. The highest BCUT2D eigenvalue weighted by Crippen LogP contribution is 2.36. The third-order valence-electron chi connectivity index (χ3n) is 4.01. The van der Waals surface area contributed by atoms with Crippen LogP contribution in [0.25, 0.3) is 0 Å². The SMILES string of the molecule is N#CCCN(C(=O)C1(CN)CCOCC1)C1CC1. The molecule has 0 bridgehead atoms. The Labute approximate surface area is 108 Å². The highest BCUT2D eigenvalue weighted by atomic mass is 16.5. The van der Waals surface area contributed by atoms with Gasteiger partial charge in [-0.1, -0.05) is 0 Å². The van der Waals surface area contributed by atoms with Gasteiger partial charge >= 0.3 is 0 Å². The number of rotatable bonds is 5. The molecule has 2 aliphatic rings. The van der Waals surface area contributed by atoms with Crippen molar-refractivity contribution >= 4 is 5.91 Å². The first-order chi connectivity index (χ1) is 8.73. The van der Waals surface area contributed by atoms with E-state index in [0.717, 1.165) is 12.8 Å². The fraction of sp³-hybridized carbons (Fsp3) is 0.846. The number of nitriles is 1. The zero-order valence-electron chi connectivity index (χ0n) is 10.7.